The zero-order chi connectivity index (χ0) is 13.9. The zero-order valence-corrected chi connectivity index (χ0v) is 11.4. The van der Waals surface area contributed by atoms with Crippen molar-refractivity contribution in [3.05, 3.63) is 71.0 Å². The van der Waals surface area contributed by atoms with Gasteiger partial charge in [-0.1, -0.05) is 41.9 Å². The Bertz CT molecular complexity index is 691. The minimum absolute atomic E-state index is 0.315. The van der Waals surface area contributed by atoms with Crippen LogP contribution in [0.3, 0.4) is 0 Å². The van der Waals surface area contributed by atoms with Gasteiger partial charge in [0, 0.05) is 10.6 Å². The summed E-state index contributed by atoms with van der Waals surface area (Å²) in [4.78, 5) is 4.45. The van der Waals surface area contributed by atoms with E-state index in [0.717, 1.165) is 11.1 Å². The van der Waals surface area contributed by atoms with Crippen LogP contribution >= 0.6 is 11.6 Å². The predicted octanol–water partition coefficient (Wildman–Crippen LogP) is 3.17. The Morgan fingerprint density at radius 2 is 1.70 bits per heavy atom. The van der Waals surface area contributed by atoms with Gasteiger partial charge in [-0.15, -0.1) is 0 Å². The SMILES string of the molecule is N[C@@H](c1ccccc1)c1nc(-c2ccc(Cl)cc2)n[nH]1. The number of hydrogen-bond acceptors (Lipinski definition) is 3. The Balaban J connectivity index is 1.89. The van der Waals surface area contributed by atoms with Crippen molar-refractivity contribution in [3.8, 4) is 11.4 Å². The first-order valence-electron chi connectivity index (χ1n) is 6.23. The second kappa shape index (κ2) is 5.45. The molecule has 5 heteroatoms. The van der Waals surface area contributed by atoms with Gasteiger partial charge in [0.25, 0.3) is 0 Å². The highest BCUT2D eigenvalue weighted by Gasteiger charge is 2.14. The minimum atomic E-state index is -0.315. The summed E-state index contributed by atoms with van der Waals surface area (Å²) in [7, 11) is 0. The number of nitrogens with two attached hydrogens (primary N) is 1. The molecule has 3 aromatic rings. The third-order valence-electron chi connectivity index (χ3n) is 3.06. The Morgan fingerprint density at radius 1 is 1.00 bits per heavy atom. The molecule has 4 nitrogen and oxygen atoms in total. The van der Waals surface area contributed by atoms with Crippen LogP contribution in [0.1, 0.15) is 17.4 Å². The number of nitrogens with one attached hydrogen (secondary N) is 1. The van der Waals surface area contributed by atoms with Crippen LogP contribution in [0.2, 0.25) is 5.02 Å². The molecular weight excluding hydrogens is 272 g/mol. The number of benzene rings is 2. The molecule has 20 heavy (non-hydrogen) atoms. The van der Waals surface area contributed by atoms with Gasteiger partial charge in [0.2, 0.25) is 0 Å². The lowest BCUT2D eigenvalue weighted by atomic mass is 10.1. The van der Waals surface area contributed by atoms with E-state index in [-0.39, 0.29) is 6.04 Å². The summed E-state index contributed by atoms with van der Waals surface area (Å²) in [5.74, 6) is 1.25. The molecule has 1 atom stereocenters. The van der Waals surface area contributed by atoms with Crippen LogP contribution in [-0.2, 0) is 0 Å². The first-order chi connectivity index (χ1) is 9.74. The Labute approximate surface area is 121 Å². The standard InChI is InChI=1S/C15H13ClN4/c16-12-8-6-11(7-9-12)14-18-15(20-19-14)13(17)10-4-2-1-3-5-10/h1-9,13H,17H2,(H,18,19,20)/t13-/m0/s1. The molecule has 0 saturated heterocycles. The fraction of sp³-hybridized carbons (Fsp3) is 0.0667. The first-order valence-corrected chi connectivity index (χ1v) is 6.60. The number of rotatable bonds is 3. The summed E-state index contributed by atoms with van der Waals surface area (Å²) in [6.07, 6.45) is 0. The number of nitrogens with zero attached hydrogens (tertiary/aromatic N) is 2. The van der Waals surface area contributed by atoms with E-state index in [1.54, 1.807) is 0 Å². The largest absolute Gasteiger partial charge is 0.318 e. The van der Waals surface area contributed by atoms with E-state index >= 15 is 0 Å². The van der Waals surface area contributed by atoms with Crippen molar-refractivity contribution in [2.45, 2.75) is 6.04 Å². The monoisotopic (exact) mass is 284 g/mol. The fourth-order valence-electron chi connectivity index (χ4n) is 1.96. The van der Waals surface area contributed by atoms with Crippen molar-refractivity contribution in [2.75, 3.05) is 0 Å². The van der Waals surface area contributed by atoms with Crippen LogP contribution in [-0.4, -0.2) is 15.2 Å². The molecule has 0 aliphatic rings. The second-order valence-electron chi connectivity index (χ2n) is 4.44. The fourth-order valence-corrected chi connectivity index (χ4v) is 2.09. The van der Waals surface area contributed by atoms with Crippen LogP contribution in [0.4, 0.5) is 0 Å². The molecule has 3 rings (SSSR count). The quantitative estimate of drug-likeness (QED) is 0.776. The molecule has 100 valence electrons. The summed E-state index contributed by atoms with van der Waals surface area (Å²) < 4.78 is 0. The number of aromatic amines is 1. The summed E-state index contributed by atoms with van der Waals surface area (Å²) in [5.41, 5.74) is 8.07. The number of hydrogen-bond donors (Lipinski definition) is 2. The van der Waals surface area contributed by atoms with E-state index in [9.17, 15) is 0 Å². The molecule has 2 aromatic carbocycles. The van der Waals surface area contributed by atoms with Gasteiger partial charge in [-0.05, 0) is 29.8 Å². The first kappa shape index (κ1) is 12.8. The van der Waals surface area contributed by atoms with Crippen LogP contribution in [0, 0.1) is 0 Å². The zero-order valence-electron chi connectivity index (χ0n) is 10.6. The average molecular weight is 285 g/mol. The van der Waals surface area contributed by atoms with Crippen molar-refractivity contribution < 1.29 is 0 Å². The van der Waals surface area contributed by atoms with Crippen LogP contribution in [0.15, 0.2) is 54.6 Å². The Hall–Kier alpha value is -2.17. The summed E-state index contributed by atoms with van der Waals surface area (Å²) in [6.45, 7) is 0. The van der Waals surface area contributed by atoms with E-state index < -0.39 is 0 Å². The normalized spacial score (nSPS) is 12.3. The van der Waals surface area contributed by atoms with Gasteiger partial charge >= 0.3 is 0 Å². The van der Waals surface area contributed by atoms with Gasteiger partial charge in [0.05, 0.1) is 6.04 Å². The number of halogens is 1. The molecule has 0 aliphatic carbocycles. The summed E-state index contributed by atoms with van der Waals surface area (Å²) in [5, 5.41) is 7.79. The Kier molecular flexibility index (Phi) is 3.50. The number of aromatic nitrogens is 3. The lowest BCUT2D eigenvalue weighted by Gasteiger charge is -2.07. The highest BCUT2D eigenvalue weighted by molar-refractivity contribution is 6.30. The maximum Gasteiger partial charge on any atom is 0.181 e. The van der Waals surface area contributed by atoms with Crippen molar-refractivity contribution in [1.29, 1.82) is 0 Å². The van der Waals surface area contributed by atoms with Gasteiger partial charge in [-0.2, -0.15) is 5.10 Å². The molecule has 0 bridgehead atoms. The molecule has 0 amide bonds. The third kappa shape index (κ3) is 2.57. The van der Waals surface area contributed by atoms with Crippen molar-refractivity contribution in [3.63, 3.8) is 0 Å². The molecular formula is C15H13ClN4. The highest BCUT2D eigenvalue weighted by atomic mass is 35.5. The average Bonchev–Trinajstić information content (AvgIpc) is 2.98. The van der Waals surface area contributed by atoms with E-state index in [1.165, 1.54) is 0 Å². The summed E-state index contributed by atoms with van der Waals surface area (Å²) >= 11 is 5.87. The van der Waals surface area contributed by atoms with Crippen molar-refractivity contribution in [1.82, 2.24) is 15.2 Å². The van der Waals surface area contributed by atoms with Gasteiger partial charge in [-0.25, -0.2) is 4.98 Å². The molecule has 0 unspecified atom stereocenters. The lowest BCUT2D eigenvalue weighted by molar-refractivity contribution is 0.787. The van der Waals surface area contributed by atoms with E-state index in [2.05, 4.69) is 15.2 Å². The highest BCUT2D eigenvalue weighted by Crippen LogP contribution is 2.21. The topological polar surface area (TPSA) is 67.6 Å². The van der Waals surface area contributed by atoms with Crippen LogP contribution in [0.25, 0.3) is 11.4 Å². The Morgan fingerprint density at radius 3 is 2.40 bits per heavy atom. The van der Waals surface area contributed by atoms with Gasteiger partial charge in [0.1, 0.15) is 5.82 Å². The van der Waals surface area contributed by atoms with E-state index in [0.29, 0.717) is 16.7 Å². The molecule has 3 N–H and O–H groups in total. The van der Waals surface area contributed by atoms with Crippen molar-refractivity contribution >= 4 is 11.6 Å². The predicted molar refractivity (Wildman–Crippen MR) is 79.3 cm³/mol. The molecule has 0 saturated carbocycles. The molecule has 0 fully saturated rings. The van der Waals surface area contributed by atoms with Crippen LogP contribution in [0.5, 0.6) is 0 Å². The maximum absolute atomic E-state index is 6.18. The minimum Gasteiger partial charge on any atom is -0.318 e. The molecule has 0 aliphatic heterocycles. The summed E-state index contributed by atoms with van der Waals surface area (Å²) in [6, 6.07) is 16.8. The third-order valence-corrected chi connectivity index (χ3v) is 3.31. The molecule has 1 aromatic heterocycles. The van der Waals surface area contributed by atoms with Crippen LogP contribution < -0.4 is 5.73 Å². The number of H-pyrrole nitrogens is 1. The van der Waals surface area contributed by atoms with Gasteiger partial charge in [-0.3, -0.25) is 5.10 Å². The lowest BCUT2D eigenvalue weighted by Crippen LogP contribution is -2.13. The van der Waals surface area contributed by atoms with Gasteiger partial charge in [0.15, 0.2) is 5.82 Å². The van der Waals surface area contributed by atoms with E-state index in [1.807, 2.05) is 54.6 Å². The van der Waals surface area contributed by atoms with E-state index in [4.69, 9.17) is 17.3 Å². The smallest absolute Gasteiger partial charge is 0.181 e. The molecule has 1 heterocycles. The molecule has 0 radical (unpaired) electrons. The van der Waals surface area contributed by atoms with Gasteiger partial charge < -0.3 is 5.73 Å². The second-order valence-corrected chi connectivity index (χ2v) is 4.88. The molecule has 0 spiro atoms. The maximum atomic E-state index is 6.18. The van der Waals surface area contributed by atoms with Crippen molar-refractivity contribution in [2.24, 2.45) is 5.73 Å².